The number of anilines is 1. The van der Waals surface area contributed by atoms with E-state index in [2.05, 4.69) is 90.3 Å². The normalized spacial score (nSPS) is 21.6. The third kappa shape index (κ3) is 3.51. The third-order valence-electron chi connectivity index (χ3n) is 7.47. The van der Waals surface area contributed by atoms with Gasteiger partial charge in [-0.05, 0) is 80.6 Å². The number of aromatic amines is 1. The van der Waals surface area contributed by atoms with E-state index in [1.54, 1.807) is 0 Å². The highest BCUT2D eigenvalue weighted by Crippen LogP contribution is 2.46. The summed E-state index contributed by atoms with van der Waals surface area (Å²) in [6.45, 7) is 11.8. The van der Waals surface area contributed by atoms with Crippen LogP contribution in [-0.2, 0) is 0 Å². The van der Waals surface area contributed by atoms with Gasteiger partial charge in [0, 0.05) is 64.4 Å². The average molecular weight is 438 g/mol. The lowest BCUT2D eigenvalue weighted by Crippen LogP contribution is -2.31. The number of aryl methyl sites for hydroxylation is 3. The Balaban J connectivity index is 1.25. The Labute approximate surface area is 195 Å². The monoisotopic (exact) mass is 437 g/mol. The molecule has 4 aromatic rings. The summed E-state index contributed by atoms with van der Waals surface area (Å²) >= 11 is 0. The van der Waals surface area contributed by atoms with Crippen LogP contribution < -0.4 is 10.2 Å². The molecule has 1 saturated carbocycles. The van der Waals surface area contributed by atoms with Crippen LogP contribution >= 0.6 is 0 Å². The Hall–Kier alpha value is -3.18. The van der Waals surface area contributed by atoms with Gasteiger partial charge in [-0.2, -0.15) is 0 Å². The zero-order chi connectivity index (χ0) is 22.7. The Morgan fingerprint density at radius 3 is 2.33 bits per heavy atom. The highest BCUT2D eigenvalue weighted by atomic mass is 15.3. The van der Waals surface area contributed by atoms with E-state index in [4.69, 9.17) is 4.98 Å². The molecular formula is C28H31N5. The van der Waals surface area contributed by atoms with Gasteiger partial charge in [0.25, 0.3) is 0 Å². The maximum Gasteiger partial charge on any atom is 0.128 e. The summed E-state index contributed by atoms with van der Waals surface area (Å²) in [5, 5.41) is 4.87. The van der Waals surface area contributed by atoms with Crippen molar-refractivity contribution >= 4 is 16.7 Å². The highest BCUT2D eigenvalue weighted by molar-refractivity contribution is 5.93. The number of aromatic nitrogens is 3. The molecule has 5 heteroatoms. The van der Waals surface area contributed by atoms with Crippen LogP contribution in [0.15, 0.2) is 48.7 Å². The van der Waals surface area contributed by atoms with Crippen LogP contribution in [-0.4, -0.2) is 40.6 Å². The van der Waals surface area contributed by atoms with Crippen LogP contribution in [0.1, 0.15) is 23.9 Å². The molecule has 2 N–H and O–H groups in total. The van der Waals surface area contributed by atoms with Gasteiger partial charge in [0.2, 0.25) is 0 Å². The van der Waals surface area contributed by atoms with Crippen molar-refractivity contribution in [1.29, 1.82) is 0 Å². The molecule has 6 rings (SSSR count). The fourth-order valence-corrected chi connectivity index (χ4v) is 5.78. The maximum atomic E-state index is 4.82. The molecule has 1 saturated heterocycles. The van der Waals surface area contributed by atoms with Crippen molar-refractivity contribution in [2.24, 2.45) is 11.8 Å². The zero-order valence-electron chi connectivity index (χ0n) is 19.8. The number of benzene rings is 1. The predicted octanol–water partition coefficient (Wildman–Crippen LogP) is 5.26. The van der Waals surface area contributed by atoms with Gasteiger partial charge < -0.3 is 15.2 Å². The van der Waals surface area contributed by atoms with Crippen LogP contribution in [0.5, 0.6) is 0 Å². The third-order valence-corrected chi connectivity index (χ3v) is 7.47. The Bertz CT molecular complexity index is 1300. The van der Waals surface area contributed by atoms with Crippen molar-refractivity contribution < 1.29 is 0 Å². The number of pyridine rings is 2. The van der Waals surface area contributed by atoms with Crippen LogP contribution in [0.3, 0.4) is 0 Å². The maximum absolute atomic E-state index is 4.82. The van der Waals surface area contributed by atoms with Crippen molar-refractivity contribution in [3.8, 4) is 22.4 Å². The lowest BCUT2D eigenvalue weighted by molar-refractivity contribution is 0.609. The van der Waals surface area contributed by atoms with Crippen LogP contribution in [0.25, 0.3) is 33.3 Å². The molecule has 33 heavy (non-hydrogen) atoms. The molecule has 3 atom stereocenters. The largest absolute Gasteiger partial charge is 0.356 e. The zero-order valence-corrected chi connectivity index (χ0v) is 19.8. The average Bonchev–Trinajstić information content (AvgIpc) is 3.12. The number of nitrogens with zero attached hydrogens (tertiary/aromatic N) is 3. The minimum absolute atomic E-state index is 0.728. The standard InChI is InChI=1S/C28H31N5/c1-5-29-28-23-14-33(15-24(23)28)26-9-7-20(13-30-26)19-6-8-22-18(4)27(32-25(22)12-19)21-10-16(2)31-17(3)11-21/h6-13,23-24,28-29,32H,5,14-15H2,1-4H3/t23-,24+,28?. The highest BCUT2D eigenvalue weighted by Gasteiger charge is 2.55. The van der Waals surface area contributed by atoms with Gasteiger partial charge in [-0.15, -0.1) is 0 Å². The number of hydrogen-bond acceptors (Lipinski definition) is 4. The number of H-pyrrole nitrogens is 1. The summed E-state index contributed by atoms with van der Waals surface area (Å²) in [7, 11) is 0. The minimum atomic E-state index is 0.728. The van der Waals surface area contributed by atoms with Crippen LogP contribution in [0.4, 0.5) is 5.82 Å². The number of hydrogen-bond donors (Lipinski definition) is 2. The first-order valence-corrected chi connectivity index (χ1v) is 12.0. The van der Waals surface area contributed by atoms with Gasteiger partial charge in [-0.3, -0.25) is 4.98 Å². The molecule has 168 valence electrons. The fraction of sp³-hybridized carbons (Fsp3) is 0.357. The van der Waals surface area contributed by atoms with E-state index in [1.807, 2.05) is 6.20 Å². The molecule has 1 aliphatic carbocycles. The molecule has 5 nitrogen and oxygen atoms in total. The van der Waals surface area contributed by atoms with E-state index in [0.717, 1.165) is 65.8 Å². The molecule has 0 amide bonds. The summed E-state index contributed by atoms with van der Waals surface area (Å²) in [6, 6.07) is 16.1. The van der Waals surface area contributed by atoms with Gasteiger partial charge >= 0.3 is 0 Å². The molecule has 1 aliphatic heterocycles. The van der Waals surface area contributed by atoms with E-state index in [9.17, 15) is 0 Å². The van der Waals surface area contributed by atoms with Crippen LogP contribution in [0, 0.1) is 32.6 Å². The Morgan fingerprint density at radius 1 is 0.939 bits per heavy atom. The lowest BCUT2D eigenvalue weighted by atomic mass is 10.0. The van der Waals surface area contributed by atoms with Crippen molar-refractivity contribution in [3.05, 3.63) is 65.6 Å². The van der Waals surface area contributed by atoms with E-state index in [-0.39, 0.29) is 0 Å². The minimum Gasteiger partial charge on any atom is -0.356 e. The van der Waals surface area contributed by atoms with E-state index < -0.39 is 0 Å². The van der Waals surface area contributed by atoms with Gasteiger partial charge in [0.05, 0.1) is 0 Å². The molecule has 2 fully saturated rings. The summed E-state index contributed by atoms with van der Waals surface area (Å²) in [4.78, 5) is 15.4. The van der Waals surface area contributed by atoms with E-state index in [0.29, 0.717) is 0 Å². The smallest absolute Gasteiger partial charge is 0.128 e. The quantitative estimate of drug-likeness (QED) is 0.447. The van der Waals surface area contributed by atoms with Gasteiger partial charge in [-0.25, -0.2) is 4.98 Å². The topological polar surface area (TPSA) is 56.8 Å². The molecule has 1 aromatic carbocycles. The van der Waals surface area contributed by atoms with E-state index in [1.165, 1.54) is 27.8 Å². The van der Waals surface area contributed by atoms with Crippen molar-refractivity contribution in [3.63, 3.8) is 0 Å². The van der Waals surface area contributed by atoms with Crippen molar-refractivity contribution in [2.75, 3.05) is 24.5 Å². The summed E-state index contributed by atoms with van der Waals surface area (Å²) < 4.78 is 0. The second-order valence-electron chi connectivity index (χ2n) is 9.75. The Kier molecular flexibility index (Phi) is 4.77. The summed E-state index contributed by atoms with van der Waals surface area (Å²) in [5.41, 5.74) is 9.23. The molecule has 3 aromatic heterocycles. The molecule has 0 bridgehead atoms. The SMILES string of the molecule is CCNC1[C@H]2CN(c3ccc(-c4ccc5c(C)c(-c6cc(C)nc(C)c6)[nH]c5c4)cn3)C[C@@H]12. The second kappa shape index (κ2) is 7.70. The second-order valence-corrected chi connectivity index (χ2v) is 9.75. The number of fused-ring (bicyclic) bond motifs is 2. The first-order chi connectivity index (χ1) is 16.0. The molecule has 1 unspecified atom stereocenters. The fourth-order valence-electron chi connectivity index (χ4n) is 5.78. The number of piperidine rings is 1. The number of rotatable bonds is 5. The molecular weight excluding hydrogens is 406 g/mol. The summed E-state index contributed by atoms with van der Waals surface area (Å²) in [6.07, 6.45) is 2.02. The van der Waals surface area contributed by atoms with Crippen molar-refractivity contribution in [1.82, 2.24) is 20.3 Å². The van der Waals surface area contributed by atoms with Gasteiger partial charge in [-0.1, -0.05) is 19.1 Å². The predicted molar refractivity (Wildman–Crippen MR) is 136 cm³/mol. The van der Waals surface area contributed by atoms with Crippen molar-refractivity contribution in [2.45, 2.75) is 33.7 Å². The lowest BCUT2D eigenvalue weighted by Gasteiger charge is -2.21. The Morgan fingerprint density at radius 2 is 1.67 bits per heavy atom. The molecule has 0 radical (unpaired) electrons. The molecule has 2 aliphatic rings. The van der Waals surface area contributed by atoms with Gasteiger partial charge in [0.1, 0.15) is 5.82 Å². The summed E-state index contributed by atoms with van der Waals surface area (Å²) in [5.74, 6) is 2.70. The molecule has 4 heterocycles. The number of nitrogens with one attached hydrogen (secondary N) is 2. The van der Waals surface area contributed by atoms with E-state index >= 15 is 0 Å². The van der Waals surface area contributed by atoms with Gasteiger partial charge in [0.15, 0.2) is 0 Å². The first-order valence-electron chi connectivity index (χ1n) is 12.0. The first kappa shape index (κ1) is 20.4. The van der Waals surface area contributed by atoms with Crippen LogP contribution in [0.2, 0.25) is 0 Å². The molecule has 0 spiro atoms.